The van der Waals surface area contributed by atoms with Gasteiger partial charge in [-0.3, -0.25) is 9.88 Å². The largest absolute Gasteiger partial charge is 0.289 e. The van der Waals surface area contributed by atoms with Crippen LogP contribution in [0.5, 0.6) is 0 Å². The Morgan fingerprint density at radius 1 is 1.18 bits per heavy atom. The van der Waals surface area contributed by atoms with Gasteiger partial charge in [-0.15, -0.1) is 11.3 Å². The van der Waals surface area contributed by atoms with E-state index in [2.05, 4.69) is 40.2 Å². The molecule has 0 amide bonds. The van der Waals surface area contributed by atoms with Crippen molar-refractivity contribution in [1.29, 1.82) is 0 Å². The SMILES string of the molecule is CC(C)N(Cc1ccccn1)Cc1cscn1. The second-order valence-electron chi connectivity index (χ2n) is 4.30. The standard InChI is InChI=1S/C13H17N3S/c1-11(2)16(8-13-9-17-10-15-13)7-12-5-3-4-6-14-12/h3-6,9-11H,7-8H2,1-2H3. The van der Waals surface area contributed by atoms with E-state index in [0.29, 0.717) is 6.04 Å². The van der Waals surface area contributed by atoms with Crippen LogP contribution in [0.2, 0.25) is 0 Å². The van der Waals surface area contributed by atoms with Crippen LogP contribution in [-0.4, -0.2) is 20.9 Å². The number of rotatable bonds is 5. The molecule has 2 rings (SSSR count). The first-order valence-corrected chi connectivity index (χ1v) is 6.71. The third-order valence-electron chi connectivity index (χ3n) is 2.67. The quantitative estimate of drug-likeness (QED) is 0.813. The van der Waals surface area contributed by atoms with E-state index in [9.17, 15) is 0 Å². The second kappa shape index (κ2) is 5.89. The molecule has 0 atom stereocenters. The minimum Gasteiger partial charge on any atom is -0.289 e. The molecule has 0 saturated carbocycles. The molecule has 0 aliphatic rings. The average molecular weight is 247 g/mol. The summed E-state index contributed by atoms with van der Waals surface area (Å²) in [5, 5.41) is 2.10. The van der Waals surface area contributed by atoms with Gasteiger partial charge >= 0.3 is 0 Å². The summed E-state index contributed by atoms with van der Waals surface area (Å²) < 4.78 is 0. The Balaban J connectivity index is 2.03. The lowest BCUT2D eigenvalue weighted by Gasteiger charge is -2.25. The predicted octanol–water partition coefficient (Wildman–Crippen LogP) is 2.95. The van der Waals surface area contributed by atoms with E-state index in [1.165, 1.54) is 0 Å². The zero-order valence-corrected chi connectivity index (χ0v) is 11.0. The third-order valence-corrected chi connectivity index (χ3v) is 3.31. The van der Waals surface area contributed by atoms with Crippen LogP contribution >= 0.6 is 11.3 Å². The highest BCUT2D eigenvalue weighted by atomic mass is 32.1. The van der Waals surface area contributed by atoms with E-state index in [4.69, 9.17) is 0 Å². The third kappa shape index (κ3) is 3.61. The molecule has 3 nitrogen and oxygen atoms in total. The maximum Gasteiger partial charge on any atom is 0.0795 e. The van der Waals surface area contributed by atoms with Crippen molar-refractivity contribution in [2.24, 2.45) is 0 Å². The minimum absolute atomic E-state index is 0.485. The fourth-order valence-electron chi connectivity index (χ4n) is 1.64. The predicted molar refractivity (Wildman–Crippen MR) is 70.7 cm³/mol. The molecule has 2 aromatic rings. The van der Waals surface area contributed by atoms with Crippen molar-refractivity contribution >= 4 is 11.3 Å². The highest BCUT2D eigenvalue weighted by Gasteiger charge is 2.12. The summed E-state index contributed by atoms with van der Waals surface area (Å²) in [7, 11) is 0. The monoisotopic (exact) mass is 247 g/mol. The average Bonchev–Trinajstić information content (AvgIpc) is 2.82. The summed E-state index contributed by atoms with van der Waals surface area (Å²) in [4.78, 5) is 11.1. The van der Waals surface area contributed by atoms with Crippen molar-refractivity contribution in [3.05, 3.63) is 46.7 Å². The van der Waals surface area contributed by atoms with E-state index in [1.54, 1.807) is 11.3 Å². The van der Waals surface area contributed by atoms with Crippen LogP contribution < -0.4 is 0 Å². The topological polar surface area (TPSA) is 29.0 Å². The summed E-state index contributed by atoms with van der Waals surface area (Å²) in [6.07, 6.45) is 1.84. The van der Waals surface area contributed by atoms with E-state index >= 15 is 0 Å². The van der Waals surface area contributed by atoms with Crippen LogP contribution in [0, 0.1) is 0 Å². The zero-order valence-electron chi connectivity index (χ0n) is 10.2. The molecule has 0 fully saturated rings. The Morgan fingerprint density at radius 3 is 2.59 bits per heavy atom. The molecule has 2 heterocycles. The Hall–Kier alpha value is -1.26. The molecule has 0 aromatic carbocycles. The number of hydrogen-bond acceptors (Lipinski definition) is 4. The van der Waals surface area contributed by atoms with Crippen molar-refractivity contribution in [2.75, 3.05) is 0 Å². The summed E-state index contributed by atoms with van der Waals surface area (Å²) >= 11 is 1.65. The molecule has 2 aromatic heterocycles. The van der Waals surface area contributed by atoms with Gasteiger partial charge in [0, 0.05) is 30.7 Å². The lowest BCUT2D eigenvalue weighted by Crippen LogP contribution is -2.30. The maximum atomic E-state index is 4.37. The molecule has 0 bridgehead atoms. The number of nitrogens with zero attached hydrogens (tertiary/aromatic N) is 3. The fourth-order valence-corrected chi connectivity index (χ4v) is 2.19. The summed E-state index contributed by atoms with van der Waals surface area (Å²) in [6, 6.07) is 6.53. The molecule has 0 saturated heterocycles. The van der Waals surface area contributed by atoms with Crippen LogP contribution in [0.4, 0.5) is 0 Å². The molecule has 90 valence electrons. The molecule has 17 heavy (non-hydrogen) atoms. The minimum atomic E-state index is 0.485. The highest BCUT2D eigenvalue weighted by molar-refractivity contribution is 7.07. The van der Waals surface area contributed by atoms with E-state index < -0.39 is 0 Å². The molecule has 0 aliphatic carbocycles. The summed E-state index contributed by atoms with van der Waals surface area (Å²) in [5.41, 5.74) is 4.13. The van der Waals surface area contributed by atoms with Gasteiger partial charge in [0.05, 0.1) is 16.9 Å². The van der Waals surface area contributed by atoms with Crippen molar-refractivity contribution in [1.82, 2.24) is 14.9 Å². The van der Waals surface area contributed by atoms with Crippen molar-refractivity contribution in [3.8, 4) is 0 Å². The summed E-state index contributed by atoms with van der Waals surface area (Å²) in [5.74, 6) is 0. The first kappa shape index (κ1) is 12.2. The number of aromatic nitrogens is 2. The number of pyridine rings is 1. The first-order chi connectivity index (χ1) is 8.25. The Labute approximate surface area is 106 Å². The highest BCUT2D eigenvalue weighted by Crippen LogP contribution is 2.11. The van der Waals surface area contributed by atoms with Gasteiger partial charge in [0.1, 0.15) is 0 Å². The zero-order chi connectivity index (χ0) is 12.1. The molecule has 0 radical (unpaired) electrons. The summed E-state index contributed by atoms with van der Waals surface area (Å²) in [6.45, 7) is 6.17. The van der Waals surface area contributed by atoms with E-state index in [0.717, 1.165) is 24.5 Å². The van der Waals surface area contributed by atoms with Crippen LogP contribution in [0.25, 0.3) is 0 Å². The number of thiazole rings is 1. The van der Waals surface area contributed by atoms with Crippen molar-refractivity contribution in [3.63, 3.8) is 0 Å². The first-order valence-electron chi connectivity index (χ1n) is 5.76. The molecule has 0 N–H and O–H groups in total. The van der Waals surface area contributed by atoms with Gasteiger partial charge in [-0.1, -0.05) is 6.07 Å². The van der Waals surface area contributed by atoms with Gasteiger partial charge < -0.3 is 0 Å². The van der Waals surface area contributed by atoms with Gasteiger partial charge in [0.25, 0.3) is 0 Å². The molecule has 0 unspecified atom stereocenters. The van der Waals surface area contributed by atoms with Gasteiger partial charge in [0.15, 0.2) is 0 Å². The van der Waals surface area contributed by atoms with Gasteiger partial charge in [-0.25, -0.2) is 4.98 Å². The Morgan fingerprint density at radius 2 is 2.00 bits per heavy atom. The smallest absolute Gasteiger partial charge is 0.0795 e. The van der Waals surface area contributed by atoms with E-state index in [-0.39, 0.29) is 0 Å². The molecule has 0 aliphatic heterocycles. The molecule has 0 spiro atoms. The van der Waals surface area contributed by atoms with Crippen LogP contribution in [0.3, 0.4) is 0 Å². The Kier molecular flexibility index (Phi) is 4.23. The van der Waals surface area contributed by atoms with Gasteiger partial charge in [-0.05, 0) is 26.0 Å². The lowest BCUT2D eigenvalue weighted by atomic mass is 10.2. The number of hydrogen-bond donors (Lipinski definition) is 0. The van der Waals surface area contributed by atoms with Crippen LogP contribution in [0.15, 0.2) is 35.3 Å². The van der Waals surface area contributed by atoms with Crippen LogP contribution in [-0.2, 0) is 13.1 Å². The van der Waals surface area contributed by atoms with Gasteiger partial charge in [-0.2, -0.15) is 0 Å². The lowest BCUT2D eigenvalue weighted by molar-refractivity contribution is 0.199. The maximum absolute atomic E-state index is 4.37. The second-order valence-corrected chi connectivity index (χ2v) is 5.02. The van der Waals surface area contributed by atoms with Crippen molar-refractivity contribution in [2.45, 2.75) is 33.0 Å². The normalized spacial score (nSPS) is 11.3. The van der Waals surface area contributed by atoms with Gasteiger partial charge in [0.2, 0.25) is 0 Å². The van der Waals surface area contributed by atoms with Crippen LogP contribution in [0.1, 0.15) is 25.2 Å². The fraction of sp³-hybridized carbons (Fsp3) is 0.385. The van der Waals surface area contributed by atoms with Crippen molar-refractivity contribution < 1.29 is 0 Å². The molecular weight excluding hydrogens is 230 g/mol. The molecule has 4 heteroatoms. The Bertz CT molecular complexity index is 425. The molecular formula is C13H17N3S. The van der Waals surface area contributed by atoms with E-state index in [1.807, 2.05) is 23.8 Å².